The van der Waals surface area contributed by atoms with Crippen molar-refractivity contribution in [2.24, 2.45) is 0 Å². The quantitative estimate of drug-likeness (QED) is 0.799. The molecular weight excluding hydrogens is 275 g/mol. The van der Waals surface area contributed by atoms with Crippen LogP contribution in [0.5, 0.6) is 5.75 Å². The molecule has 0 atom stereocenters. The van der Waals surface area contributed by atoms with E-state index in [1.165, 1.54) is 19.1 Å². The van der Waals surface area contributed by atoms with E-state index in [2.05, 4.69) is 4.74 Å². The Kier molecular flexibility index (Phi) is 4.97. The molecule has 1 rings (SSSR count). The number of aryl methyl sites for hydroxylation is 1. The highest BCUT2D eigenvalue weighted by Gasteiger charge is 2.33. The van der Waals surface area contributed by atoms with E-state index in [1.807, 2.05) is 0 Å². The van der Waals surface area contributed by atoms with Crippen LogP contribution in [-0.4, -0.2) is 18.9 Å². The second-order valence-electron chi connectivity index (χ2n) is 3.93. The lowest BCUT2D eigenvalue weighted by Gasteiger charge is -2.14. The van der Waals surface area contributed by atoms with Crippen molar-refractivity contribution in [1.82, 2.24) is 0 Å². The molecular formula is C13H12F3NO3. The summed E-state index contributed by atoms with van der Waals surface area (Å²) in [6.07, 6.45) is -4.99. The molecule has 0 aromatic heterocycles. The molecule has 1 aromatic carbocycles. The van der Waals surface area contributed by atoms with Crippen LogP contribution in [0.1, 0.15) is 23.6 Å². The number of alkyl halides is 3. The van der Waals surface area contributed by atoms with Gasteiger partial charge < -0.3 is 9.47 Å². The zero-order chi connectivity index (χ0) is 15.3. The largest absolute Gasteiger partial charge is 0.573 e. The number of carbonyl (C=O) groups is 1. The van der Waals surface area contributed by atoms with E-state index in [-0.39, 0.29) is 24.2 Å². The average molecular weight is 287 g/mol. The van der Waals surface area contributed by atoms with E-state index < -0.39 is 18.1 Å². The van der Waals surface area contributed by atoms with E-state index in [4.69, 9.17) is 10.00 Å². The molecule has 1 aromatic rings. The molecule has 4 nitrogen and oxygen atoms in total. The van der Waals surface area contributed by atoms with Gasteiger partial charge in [-0.05, 0) is 31.0 Å². The number of ether oxygens (including phenoxy) is 2. The Morgan fingerprint density at radius 3 is 2.55 bits per heavy atom. The summed E-state index contributed by atoms with van der Waals surface area (Å²) in [6, 6.07) is 4.17. The number of nitrogens with zero attached hydrogens (tertiary/aromatic N) is 1. The normalized spacial score (nSPS) is 10.8. The Balaban J connectivity index is 3.08. The summed E-state index contributed by atoms with van der Waals surface area (Å²) in [4.78, 5) is 11.3. The molecule has 0 saturated carbocycles. The zero-order valence-corrected chi connectivity index (χ0v) is 10.9. The molecule has 0 fully saturated rings. The highest BCUT2D eigenvalue weighted by atomic mass is 19.4. The third-order valence-corrected chi connectivity index (χ3v) is 2.33. The van der Waals surface area contributed by atoms with E-state index in [1.54, 1.807) is 13.0 Å². The lowest BCUT2D eigenvalue weighted by atomic mass is 10.0. The first kappa shape index (κ1) is 15.8. The minimum absolute atomic E-state index is 0.115. The minimum atomic E-state index is -4.88. The van der Waals surface area contributed by atoms with Crippen molar-refractivity contribution >= 4 is 5.97 Å². The molecule has 0 radical (unpaired) electrons. The van der Waals surface area contributed by atoms with Gasteiger partial charge in [0, 0.05) is 0 Å². The van der Waals surface area contributed by atoms with Crippen LogP contribution in [0.15, 0.2) is 12.1 Å². The highest BCUT2D eigenvalue weighted by molar-refractivity contribution is 5.73. The summed E-state index contributed by atoms with van der Waals surface area (Å²) in [7, 11) is 0. The number of hydrogen-bond donors (Lipinski definition) is 0. The third-order valence-electron chi connectivity index (χ3n) is 2.33. The number of carbonyl (C=O) groups excluding carboxylic acids is 1. The standard InChI is InChI=1S/C13H12F3NO3/c1-3-19-11(18)6-9-4-8(2)12(10(5-9)7-17)20-13(14,15)16/h4-5H,3,6H2,1-2H3. The van der Waals surface area contributed by atoms with Crippen LogP contribution in [0, 0.1) is 18.3 Å². The van der Waals surface area contributed by atoms with E-state index in [0.29, 0.717) is 5.56 Å². The van der Waals surface area contributed by atoms with Gasteiger partial charge >= 0.3 is 12.3 Å². The monoisotopic (exact) mass is 287 g/mol. The van der Waals surface area contributed by atoms with Crippen LogP contribution < -0.4 is 4.74 Å². The summed E-state index contributed by atoms with van der Waals surface area (Å²) in [5, 5.41) is 8.89. The first-order valence-corrected chi connectivity index (χ1v) is 5.71. The second-order valence-corrected chi connectivity index (χ2v) is 3.93. The Hall–Kier alpha value is -2.23. The van der Waals surface area contributed by atoms with Crippen molar-refractivity contribution in [3.63, 3.8) is 0 Å². The molecule has 0 bridgehead atoms. The van der Waals surface area contributed by atoms with Crippen molar-refractivity contribution in [2.45, 2.75) is 26.6 Å². The maximum Gasteiger partial charge on any atom is 0.573 e. The van der Waals surface area contributed by atoms with Crippen molar-refractivity contribution in [3.05, 3.63) is 28.8 Å². The maximum absolute atomic E-state index is 12.2. The molecule has 0 aliphatic carbocycles. The van der Waals surface area contributed by atoms with Gasteiger partial charge in [-0.1, -0.05) is 6.07 Å². The van der Waals surface area contributed by atoms with Gasteiger partial charge in [-0.15, -0.1) is 13.2 Å². The lowest BCUT2D eigenvalue weighted by Crippen LogP contribution is -2.19. The molecule has 0 amide bonds. The lowest BCUT2D eigenvalue weighted by molar-refractivity contribution is -0.275. The van der Waals surface area contributed by atoms with Gasteiger partial charge in [0.2, 0.25) is 0 Å². The van der Waals surface area contributed by atoms with Crippen molar-refractivity contribution in [3.8, 4) is 11.8 Å². The number of hydrogen-bond acceptors (Lipinski definition) is 4. The Morgan fingerprint density at radius 1 is 1.40 bits per heavy atom. The summed E-state index contributed by atoms with van der Waals surface area (Å²) in [6.45, 7) is 3.22. The first-order valence-electron chi connectivity index (χ1n) is 5.71. The summed E-state index contributed by atoms with van der Waals surface area (Å²) < 4.78 is 45.3. The van der Waals surface area contributed by atoms with Crippen LogP contribution >= 0.6 is 0 Å². The topological polar surface area (TPSA) is 59.3 Å². The summed E-state index contributed by atoms with van der Waals surface area (Å²) >= 11 is 0. The van der Waals surface area contributed by atoms with Gasteiger partial charge in [0.15, 0.2) is 0 Å². The first-order chi connectivity index (χ1) is 9.26. The van der Waals surface area contributed by atoms with Gasteiger partial charge in [-0.25, -0.2) is 0 Å². The van der Waals surface area contributed by atoms with Crippen molar-refractivity contribution in [1.29, 1.82) is 5.26 Å². The summed E-state index contributed by atoms with van der Waals surface area (Å²) in [5.41, 5.74) is 0.245. The molecule has 0 aliphatic rings. The predicted octanol–water partition coefficient (Wildman–Crippen LogP) is 2.87. The van der Waals surface area contributed by atoms with Gasteiger partial charge in [0.1, 0.15) is 11.8 Å². The number of halogens is 3. The van der Waals surface area contributed by atoms with Gasteiger partial charge in [0.25, 0.3) is 0 Å². The SMILES string of the molecule is CCOC(=O)Cc1cc(C)c(OC(F)(F)F)c(C#N)c1. The second kappa shape index (κ2) is 6.28. The maximum atomic E-state index is 12.2. The van der Waals surface area contributed by atoms with Crippen LogP contribution in [0.2, 0.25) is 0 Å². The minimum Gasteiger partial charge on any atom is -0.466 e. The smallest absolute Gasteiger partial charge is 0.466 e. The van der Waals surface area contributed by atoms with Gasteiger partial charge in [-0.3, -0.25) is 4.79 Å². The van der Waals surface area contributed by atoms with E-state index in [9.17, 15) is 18.0 Å². The fraction of sp³-hybridized carbons (Fsp3) is 0.385. The Labute approximate surface area is 113 Å². The third kappa shape index (κ3) is 4.46. The molecule has 0 unspecified atom stereocenters. The van der Waals surface area contributed by atoms with Crippen LogP contribution in [0.4, 0.5) is 13.2 Å². The molecule has 0 N–H and O–H groups in total. The predicted molar refractivity (Wildman–Crippen MR) is 62.9 cm³/mol. The zero-order valence-electron chi connectivity index (χ0n) is 10.9. The molecule has 20 heavy (non-hydrogen) atoms. The molecule has 0 saturated heterocycles. The molecule has 0 aliphatic heterocycles. The number of esters is 1. The van der Waals surface area contributed by atoms with Gasteiger partial charge in [-0.2, -0.15) is 5.26 Å². The van der Waals surface area contributed by atoms with Crippen LogP contribution in [0.25, 0.3) is 0 Å². The Bertz CT molecular complexity index is 547. The molecule has 7 heteroatoms. The van der Waals surface area contributed by atoms with Gasteiger partial charge in [0.05, 0.1) is 18.6 Å². The molecule has 0 heterocycles. The molecule has 0 spiro atoms. The van der Waals surface area contributed by atoms with Crippen LogP contribution in [0.3, 0.4) is 0 Å². The Morgan fingerprint density at radius 2 is 2.05 bits per heavy atom. The number of nitriles is 1. The average Bonchev–Trinajstić information content (AvgIpc) is 2.31. The molecule has 108 valence electrons. The van der Waals surface area contributed by atoms with E-state index >= 15 is 0 Å². The van der Waals surface area contributed by atoms with E-state index in [0.717, 1.165) is 0 Å². The fourth-order valence-corrected chi connectivity index (χ4v) is 1.66. The number of rotatable bonds is 4. The van der Waals surface area contributed by atoms with Crippen molar-refractivity contribution in [2.75, 3.05) is 6.61 Å². The summed E-state index contributed by atoms with van der Waals surface area (Å²) in [5.74, 6) is -1.06. The van der Waals surface area contributed by atoms with Crippen LogP contribution in [-0.2, 0) is 16.0 Å². The van der Waals surface area contributed by atoms with Crippen molar-refractivity contribution < 1.29 is 27.4 Å². The number of benzene rings is 1. The highest BCUT2D eigenvalue weighted by Crippen LogP contribution is 2.30. The fourth-order valence-electron chi connectivity index (χ4n) is 1.66.